The number of methoxy groups -OCH3 is 1. The predicted molar refractivity (Wildman–Crippen MR) is 58.8 cm³/mol. The molecule has 1 saturated carbocycles. The summed E-state index contributed by atoms with van der Waals surface area (Å²) in [4.78, 5) is 11.6. The lowest BCUT2D eigenvalue weighted by molar-refractivity contribution is 0.0590. The number of esters is 1. The highest BCUT2D eigenvalue weighted by molar-refractivity contribution is 5.89. The summed E-state index contributed by atoms with van der Waals surface area (Å²) >= 11 is 0. The van der Waals surface area contributed by atoms with Crippen molar-refractivity contribution in [3.8, 4) is 0 Å². The minimum absolute atomic E-state index is 0.0127. The summed E-state index contributed by atoms with van der Waals surface area (Å²) in [5.41, 5.74) is 6.97. The molecule has 2 N–H and O–H groups in total. The van der Waals surface area contributed by atoms with Crippen molar-refractivity contribution in [2.45, 2.75) is 25.8 Å². The molecule has 0 amide bonds. The van der Waals surface area contributed by atoms with E-state index in [2.05, 4.69) is 18.9 Å². The summed E-state index contributed by atoms with van der Waals surface area (Å²) in [5.74, 6) is -0.428. The summed E-state index contributed by atoms with van der Waals surface area (Å²) in [6, 6.07) is 0. The van der Waals surface area contributed by atoms with Crippen LogP contribution in [-0.4, -0.2) is 22.9 Å². The second-order valence-electron chi connectivity index (χ2n) is 5.09. The third-order valence-corrected chi connectivity index (χ3v) is 3.49. The average molecular weight is 223 g/mol. The Bertz CT molecular complexity index is 450. The van der Waals surface area contributed by atoms with Gasteiger partial charge in [0.05, 0.1) is 12.6 Å². The van der Waals surface area contributed by atoms with Crippen LogP contribution in [0.3, 0.4) is 0 Å². The van der Waals surface area contributed by atoms with E-state index in [1.807, 2.05) is 0 Å². The van der Waals surface area contributed by atoms with Gasteiger partial charge < -0.3 is 10.5 Å². The third-order valence-electron chi connectivity index (χ3n) is 3.49. The van der Waals surface area contributed by atoms with Gasteiger partial charge in [-0.05, 0) is 11.8 Å². The molecule has 1 aromatic heterocycles. The average Bonchev–Trinajstić information content (AvgIpc) is 2.59. The Balaban J connectivity index is 2.46. The van der Waals surface area contributed by atoms with Crippen molar-refractivity contribution in [2.24, 2.45) is 18.2 Å². The Morgan fingerprint density at radius 1 is 1.62 bits per heavy atom. The lowest BCUT2D eigenvalue weighted by atomic mass is 9.97. The molecule has 16 heavy (non-hydrogen) atoms. The summed E-state index contributed by atoms with van der Waals surface area (Å²) in [6.45, 7) is 4.17. The zero-order chi connectivity index (χ0) is 12.1. The summed E-state index contributed by atoms with van der Waals surface area (Å²) in [5, 5.41) is 4.12. The van der Waals surface area contributed by atoms with Crippen molar-refractivity contribution in [1.82, 2.24) is 9.78 Å². The van der Waals surface area contributed by atoms with E-state index in [1.54, 1.807) is 17.9 Å². The van der Waals surface area contributed by atoms with E-state index in [9.17, 15) is 4.79 Å². The number of hydrogen-bond donors (Lipinski definition) is 1. The lowest BCUT2D eigenvalue weighted by Gasteiger charge is -2.14. The zero-order valence-corrected chi connectivity index (χ0v) is 10.1. The number of nitrogens with two attached hydrogens (primary N) is 1. The maximum absolute atomic E-state index is 11.6. The fraction of sp³-hybridized carbons (Fsp3) is 0.636. The van der Waals surface area contributed by atoms with Crippen LogP contribution in [0.2, 0.25) is 0 Å². The molecule has 0 saturated heterocycles. The van der Waals surface area contributed by atoms with Gasteiger partial charge in [0.2, 0.25) is 0 Å². The van der Waals surface area contributed by atoms with E-state index in [0.717, 1.165) is 12.0 Å². The van der Waals surface area contributed by atoms with Crippen LogP contribution in [-0.2, 0) is 17.3 Å². The van der Waals surface area contributed by atoms with Crippen molar-refractivity contribution in [1.29, 1.82) is 0 Å². The Kier molecular flexibility index (Phi) is 2.14. The highest BCUT2D eigenvalue weighted by Crippen LogP contribution is 2.60. The molecule has 1 aliphatic rings. The van der Waals surface area contributed by atoms with E-state index >= 15 is 0 Å². The van der Waals surface area contributed by atoms with Gasteiger partial charge in [-0.2, -0.15) is 5.10 Å². The molecule has 0 radical (unpaired) electrons. The Morgan fingerprint density at radius 2 is 2.19 bits per heavy atom. The molecule has 0 spiro atoms. The molecule has 5 heteroatoms. The first-order valence-electron chi connectivity index (χ1n) is 5.23. The molecule has 5 nitrogen and oxygen atoms in total. The normalized spacial score (nSPS) is 26.6. The molecule has 1 unspecified atom stereocenters. The number of aromatic nitrogens is 2. The maximum atomic E-state index is 11.6. The van der Waals surface area contributed by atoms with Gasteiger partial charge in [-0.25, -0.2) is 4.79 Å². The number of nitrogens with zero attached hydrogens (tertiary/aromatic N) is 2. The summed E-state index contributed by atoms with van der Waals surface area (Å²) < 4.78 is 6.31. The van der Waals surface area contributed by atoms with Crippen LogP contribution < -0.4 is 5.73 Å². The largest absolute Gasteiger partial charge is 0.464 e. The molecule has 1 atom stereocenters. The third kappa shape index (κ3) is 1.35. The van der Waals surface area contributed by atoms with Crippen LogP contribution in [0.4, 0.5) is 0 Å². The molecule has 0 aliphatic heterocycles. The van der Waals surface area contributed by atoms with E-state index < -0.39 is 11.5 Å². The first kappa shape index (κ1) is 11.1. The van der Waals surface area contributed by atoms with Gasteiger partial charge >= 0.3 is 5.97 Å². The smallest absolute Gasteiger partial charge is 0.358 e. The van der Waals surface area contributed by atoms with Crippen molar-refractivity contribution < 1.29 is 9.53 Å². The maximum Gasteiger partial charge on any atom is 0.358 e. The molecular formula is C11H17N3O2. The van der Waals surface area contributed by atoms with Crippen molar-refractivity contribution in [3.63, 3.8) is 0 Å². The second-order valence-corrected chi connectivity index (χ2v) is 5.09. The molecule has 1 fully saturated rings. The van der Waals surface area contributed by atoms with Gasteiger partial charge in [-0.15, -0.1) is 0 Å². The molecule has 2 rings (SSSR count). The topological polar surface area (TPSA) is 70.1 Å². The van der Waals surface area contributed by atoms with Crippen LogP contribution in [0.1, 0.15) is 36.3 Å². The summed E-state index contributed by atoms with van der Waals surface area (Å²) in [7, 11) is 3.12. The number of carbonyl (C=O) groups is 1. The van der Waals surface area contributed by atoms with Crippen LogP contribution in [0, 0.1) is 5.41 Å². The van der Waals surface area contributed by atoms with E-state index in [-0.39, 0.29) is 5.41 Å². The Hall–Kier alpha value is -1.36. The monoisotopic (exact) mass is 223 g/mol. The van der Waals surface area contributed by atoms with Crippen LogP contribution >= 0.6 is 0 Å². The van der Waals surface area contributed by atoms with Gasteiger partial charge in [0.25, 0.3) is 0 Å². The first-order chi connectivity index (χ1) is 7.32. The van der Waals surface area contributed by atoms with E-state index in [1.165, 1.54) is 7.11 Å². The second kappa shape index (κ2) is 3.07. The molecule has 1 aromatic rings. The van der Waals surface area contributed by atoms with Gasteiger partial charge in [-0.1, -0.05) is 13.8 Å². The number of aryl methyl sites for hydroxylation is 1. The minimum Gasteiger partial charge on any atom is -0.464 e. The van der Waals surface area contributed by atoms with E-state index in [4.69, 9.17) is 10.5 Å². The van der Waals surface area contributed by atoms with E-state index in [0.29, 0.717) is 5.69 Å². The number of hydrogen-bond acceptors (Lipinski definition) is 4. The Morgan fingerprint density at radius 3 is 2.62 bits per heavy atom. The van der Waals surface area contributed by atoms with Gasteiger partial charge in [0, 0.05) is 18.8 Å². The molecular weight excluding hydrogens is 206 g/mol. The van der Waals surface area contributed by atoms with Crippen LogP contribution in [0.15, 0.2) is 6.20 Å². The minimum atomic E-state index is -0.454. The van der Waals surface area contributed by atoms with Gasteiger partial charge in [-0.3, -0.25) is 4.68 Å². The fourth-order valence-electron chi connectivity index (χ4n) is 2.18. The lowest BCUT2D eigenvalue weighted by Crippen LogP contribution is -2.27. The van der Waals surface area contributed by atoms with Crippen LogP contribution in [0.25, 0.3) is 0 Å². The quantitative estimate of drug-likeness (QED) is 0.752. The highest BCUT2D eigenvalue weighted by Gasteiger charge is 2.61. The highest BCUT2D eigenvalue weighted by atomic mass is 16.5. The molecule has 1 aliphatic carbocycles. The molecule has 0 aromatic carbocycles. The number of ether oxygens (including phenoxy) is 1. The van der Waals surface area contributed by atoms with Crippen LogP contribution in [0.5, 0.6) is 0 Å². The molecule has 88 valence electrons. The Labute approximate surface area is 94.6 Å². The standard InChI is InChI=1S/C11H17N3O2/c1-10(2)6-11(10,12)7-5-14(3)13-8(7)9(15)16-4/h5H,6,12H2,1-4H3. The van der Waals surface area contributed by atoms with Crippen molar-refractivity contribution in [2.75, 3.05) is 7.11 Å². The van der Waals surface area contributed by atoms with Crippen molar-refractivity contribution in [3.05, 3.63) is 17.5 Å². The molecule has 0 bridgehead atoms. The molecule has 1 heterocycles. The predicted octanol–water partition coefficient (Wildman–Crippen LogP) is 0.791. The summed E-state index contributed by atoms with van der Waals surface area (Å²) in [6.07, 6.45) is 2.66. The fourth-order valence-corrected chi connectivity index (χ4v) is 2.18. The SMILES string of the molecule is COC(=O)c1nn(C)cc1C1(N)CC1(C)C. The first-order valence-corrected chi connectivity index (χ1v) is 5.23. The van der Waals surface area contributed by atoms with Gasteiger partial charge in [0.15, 0.2) is 5.69 Å². The number of carbonyl (C=O) groups excluding carboxylic acids is 1. The van der Waals surface area contributed by atoms with Crippen molar-refractivity contribution >= 4 is 5.97 Å². The number of rotatable bonds is 2. The zero-order valence-electron chi connectivity index (χ0n) is 10.1. The van der Waals surface area contributed by atoms with Gasteiger partial charge in [0.1, 0.15) is 0 Å².